The van der Waals surface area contributed by atoms with Gasteiger partial charge in [-0.1, -0.05) is 27.2 Å². The Morgan fingerprint density at radius 1 is 1.23 bits per heavy atom. The first-order chi connectivity index (χ1) is 12.2. The van der Waals surface area contributed by atoms with Crippen molar-refractivity contribution >= 4 is 5.97 Å². The molecule has 6 atom stereocenters. The predicted molar refractivity (Wildman–Crippen MR) is 96.0 cm³/mol. The highest BCUT2D eigenvalue weighted by Crippen LogP contribution is 2.68. The van der Waals surface area contributed by atoms with E-state index >= 15 is 0 Å². The number of aliphatic hydroxyl groups is 1. The number of rotatable bonds is 2. The summed E-state index contributed by atoms with van der Waals surface area (Å²) in [6.07, 6.45) is 6.55. The van der Waals surface area contributed by atoms with E-state index in [2.05, 4.69) is 26.8 Å². The fourth-order valence-electron chi connectivity index (χ4n) is 6.60. The second kappa shape index (κ2) is 5.55. The molecule has 2 aliphatic heterocycles. The van der Waals surface area contributed by atoms with Crippen molar-refractivity contribution in [3.63, 3.8) is 0 Å². The maximum absolute atomic E-state index is 12.7. The van der Waals surface area contributed by atoms with Crippen LogP contribution in [-0.2, 0) is 19.3 Å². The summed E-state index contributed by atoms with van der Waals surface area (Å²) in [5, 5.41) is 11.1. The SMILES string of the molecule is COC(=O)[C@]1(C)CCC[C@@]2(C)C1C[C@@H](O)C1=C[C@]3(C(C)C)CC[C@@]12OO3. The topological polar surface area (TPSA) is 65.0 Å². The largest absolute Gasteiger partial charge is 0.469 e. The zero-order valence-corrected chi connectivity index (χ0v) is 16.6. The highest BCUT2D eigenvalue weighted by atomic mass is 17.2. The van der Waals surface area contributed by atoms with Gasteiger partial charge in [0.05, 0.1) is 18.6 Å². The third kappa shape index (κ3) is 2.00. The Bertz CT molecular complexity index is 645. The third-order valence-electron chi connectivity index (χ3n) is 8.37. The van der Waals surface area contributed by atoms with Crippen LogP contribution in [0.5, 0.6) is 0 Å². The number of carbonyl (C=O) groups is 1. The lowest BCUT2D eigenvalue weighted by molar-refractivity contribution is -0.467. The highest BCUT2D eigenvalue weighted by Gasteiger charge is 2.71. The van der Waals surface area contributed by atoms with Crippen LogP contribution in [0.25, 0.3) is 0 Å². The molecule has 1 unspecified atom stereocenters. The van der Waals surface area contributed by atoms with Gasteiger partial charge in [0.25, 0.3) is 0 Å². The van der Waals surface area contributed by atoms with Crippen LogP contribution in [0.1, 0.15) is 66.2 Å². The van der Waals surface area contributed by atoms with Crippen molar-refractivity contribution in [1.29, 1.82) is 0 Å². The monoisotopic (exact) mass is 364 g/mol. The van der Waals surface area contributed by atoms with Crippen LogP contribution in [0.15, 0.2) is 11.6 Å². The molecule has 0 aromatic heterocycles. The minimum Gasteiger partial charge on any atom is -0.469 e. The number of methoxy groups -OCH3 is 1. The molecule has 3 fully saturated rings. The number of hydrogen-bond donors (Lipinski definition) is 1. The Kier molecular flexibility index (Phi) is 3.94. The Morgan fingerprint density at radius 3 is 2.54 bits per heavy atom. The second-order valence-electron chi connectivity index (χ2n) is 9.69. The average Bonchev–Trinajstić information content (AvgIpc) is 2.64. The van der Waals surface area contributed by atoms with Gasteiger partial charge in [0.15, 0.2) is 0 Å². The van der Waals surface area contributed by atoms with Crippen molar-refractivity contribution in [2.45, 2.75) is 83.5 Å². The van der Waals surface area contributed by atoms with E-state index in [1.807, 2.05) is 6.92 Å². The van der Waals surface area contributed by atoms with E-state index in [0.717, 1.165) is 37.7 Å². The zero-order chi connectivity index (χ0) is 19.0. The summed E-state index contributed by atoms with van der Waals surface area (Å²) >= 11 is 0. The molecule has 0 aromatic rings. The van der Waals surface area contributed by atoms with E-state index in [1.165, 1.54) is 7.11 Å². The van der Waals surface area contributed by atoms with E-state index in [9.17, 15) is 9.90 Å². The lowest BCUT2D eigenvalue weighted by Gasteiger charge is -2.67. The summed E-state index contributed by atoms with van der Waals surface area (Å²) < 4.78 is 5.17. The molecule has 2 heterocycles. The summed E-state index contributed by atoms with van der Waals surface area (Å²) in [5.41, 5.74) is -0.959. The molecule has 146 valence electrons. The van der Waals surface area contributed by atoms with Gasteiger partial charge in [-0.25, -0.2) is 9.78 Å². The Labute approximate surface area is 156 Å². The van der Waals surface area contributed by atoms with Gasteiger partial charge < -0.3 is 9.84 Å². The molecule has 5 heteroatoms. The molecule has 2 saturated carbocycles. The summed E-state index contributed by atoms with van der Waals surface area (Å²) in [7, 11) is 1.46. The highest BCUT2D eigenvalue weighted by molar-refractivity contribution is 5.77. The number of fused-ring (bicyclic) bond motifs is 3. The molecule has 5 nitrogen and oxygen atoms in total. The second-order valence-corrected chi connectivity index (χ2v) is 9.69. The summed E-state index contributed by atoms with van der Waals surface area (Å²) in [5.74, 6) is 0.0999. The quantitative estimate of drug-likeness (QED) is 0.461. The van der Waals surface area contributed by atoms with Gasteiger partial charge in [0, 0.05) is 5.41 Å². The summed E-state index contributed by atoms with van der Waals surface area (Å²) in [6.45, 7) is 8.50. The molecule has 26 heavy (non-hydrogen) atoms. The molecule has 2 bridgehead atoms. The van der Waals surface area contributed by atoms with E-state index in [-0.39, 0.29) is 23.2 Å². The van der Waals surface area contributed by atoms with Gasteiger partial charge in [0.2, 0.25) is 0 Å². The van der Waals surface area contributed by atoms with E-state index in [1.54, 1.807) is 0 Å². The molecule has 5 aliphatic rings. The standard InChI is InChI=1S/C21H32O5/c1-13(2)20-9-10-21(26-25-20)14(12-20)15(22)11-16-18(3,17(23)24-5)7-6-8-19(16,21)4/h12-13,15-16,22H,6-11H2,1-5H3/t15-,16?,18-,19+,20+,21-/m1/s1. The maximum Gasteiger partial charge on any atom is 0.311 e. The van der Waals surface area contributed by atoms with Gasteiger partial charge >= 0.3 is 5.97 Å². The third-order valence-corrected chi connectivity index (χ3v) is 8.37. The minimum absolute atomic E-state index is 0.00315. The van der Waals surface area contributed by atoms with Crippen molar-refractivity contribution in [2.75, 3.05) is 7.11 Å². The van der Waals surface area contributed by atoms with Gasteiger partial charge in [-0.15, -0.1) is 0 Å². The first-order valence-electron chi connectivity index (χ1n) is 10.0. The first-order valence-corrected chi connectivity index (χ1v) is 10.0. The Morgan fingerprint density at radius 2 is 1.96 bits per heavy atom. The van der Waals surface area contributed by atoms with Crippen LogP contribution in [-0.4, -0.2) is 35.5 Å². The van der Waals surface area contributed by atoms with Gasteiger partial charge in [-0.2, -0.15) is 0 Å². The molecular formula is C21H32O5. The van der Waals surface area contributed by atoms with Crippen LogP contribution >= 0.6 is 0 Å². The molecule has 1 spiro atoms. The van der Waals surface area contributed by atoms with Crippen molar-refractivity contribution in [3.8, 4) is 0 Å². The normalized spacial score (nSPS) is 50.0. The predicted octanol–water partition coefficient (Wildman–Crippen LogP) is 3.55. The molecule has 0 amide bonds. The van der Waals surface area contributed by atoms with Crippen LogP contribution in [0, 0.1) is 22.7 Å². The van der Waals surface area contributed by atoms with E-state index in [4.69, 9.17) is 14.5 Å². The zero-order valence-electron chi connectivity index (χ0n) is 16.6. The molecular weight excluding hydrogens is 332 g/mol. The van der Waals surface area contributed by atoms with Crippen LogP contribution in [0.3, 0.4) is 0 Å². The van der Waals surface area contributed by atoms with E-state index in [0.29, 0.717) is 6.42 Å². The number of hydrogen-bond acceptors (Lipinski definition) is 5. The van der Waals surface area contributed by atoms with Gasteiger partial charge in [0.1, 0.15) is 11.2 Å². The number of esters is 1. The molecule has 1 saturated heterocycles. The number of ether oxygens (including phenoxy) is 1. The summed E-state index contributed by atoms with van der Waals surface area (Å²) in [6, 6.07) is 0. The Hall–Kier alpha value is -0.910. The van der Waals surface area contributed by atoms with Crippen molar-refractivity contribution in [1.82, 2.24) is 0 Å². The fraction of sp³-hybridized carbons (Fsp3) is 0.857. The summed E-state index contributed by atoms with van der Waals surface area (Å²) in [4.78, 5) is 24.9. The lowest BCUT2D eigenvalue weighted by atomic mass is 9.42. The molecule has 5 rings (SSSR count). The molecule has 3 aliphatic carbocycles. The fourth-order valence-corrected chi connectivity index (χ4v) is 6.60. The molecule has 0 radical (unpaired) electrons. The van der Waals surface area contributed by atoms with Crippen LogP contribution in [0.4, 0.5) is 0 Å². The van der Waals surface area contributed by atoms with Gasteiger partial charge in [-0.05, 0) is 62.5 Å². The van der Waals surface area contributed by atoms with Crippen molar-refractivity contribution in [2.24, 2.45) is 22.7 Å². The smallest absolute Gasteiger partial charge is 0.311 e. The number of aliphatic hydroxyl groups excluding tert-OH is 1. The van der Waals surface area contributed by atoms with Crippen LogP contribution < -0.4 is 0 Å². The maximum atomic E-state index is 12.7. The Balaban J connectivity index is 1.84. The van der Waals surface area contributed by atoms with Crippen molar-refractivity contribution < 1.29 is 24.4 Å². The average molecular weight is 364 g/mol. The van der Waals surface area contributed by atoms with Gasteiger partial charge in [-0.3, -0.25) is 4.79 Å². The van der Waals surface area contributed by atoms with Crippen molar-refractivity contribution in [3.05, 3.63) is 11.6 Å². The van der Waals surface area contributed by atoms with Crippen LogP contribution in [0.2, 0.25) is 0 Å². The number of carbonyl (C=O) groups excluding carboxylic acids is 1. The molecule has 1 N–H and O–H groups in total. The minimum atomic E-state index is -0.637. The lowest BCUT2D eigenvalue weighted by Crippen LogP contribution is -2.70. The molecule has 0 aromatic carbocycles. The first kappa shape index (κ1) is 18.5. The van der Waals surface area contributed by atoms with E-state index < -0.39 is 22.7 Å².